The van der Waals surface area contributed by atoms with Gasteiger partial charge in [-0.1, -0.05) is 60.7 Å². The number of carbonyl (C=O) groups excluding carboxylic acids is 2. The van der Waals surface area contributed by atoms with Crippen LogP contribution in [-0.4, -0.2) is 53.0 Å². The number of rotatable bonds is 5. The molecule has 3 rings (SSSR count). The van der Waals surface area contributed by atoms with Gasteiger partial charge >= 0.3 is 6.09 Å². The van der Waals surface area contributed by atoms with Gasteiger partial charge in [0.25, 0.3) is 0 Å². The van der Waals surface area contributed by atoms with E-state index < -0.39 is 36.5 Å². The van der Waals surface area contributed by atoms with Crippen molar-refractivity contribution >= 4 is 12.0 Å². The molecule has 0 bridgehead atoms. The highest BCUT2D eigenvalue weighted by Gasteiger charge is 2.47. The number of hydrogen-bond donors (Lipinski definition) is 2. The van der Waals surface area contributed by atoms with Crippen molar-refractivity contribution < 1.29 is 28.2 Å². The van der Waals surface area contributed by atoms with E-state index in [0.717, 1.165) is 5.56 Å². The van der Waals surface area contributed by atoms with Crippen LogP contribution in [-0.2, 0) is 22.7 Å². The Kier molecular flexibility index (Phi) is 6.90. The van der Waals surface area contributed by atoms with Gasteiger partial charge in [-0.3, -0.25) is 15.0 Å². The van der Waals surface area contributed by atoms with Crippen LogP contribution in [0.4, 0.5) is 13.6 Å². The van der Waals surface area contributed by atoms with Crippen molar-refractivity contribution in [2.45, 2.75) is 37.6 Å². The first-order valence-electron chi connectivity index (χ1n) is 9.21. The summed E-state index contributed by atoms with van der Waals surface area (Å²) in [7, 11) is 0. The Labute approximate surface area is 167 Å². The highest BCUT2D eigenvalue weighted by molar-refractivity contribution is 5.95. The molecule has 0 aromatic heterocycles. The number of piperidine rings is 1. The van der Waals surface area contributed by atoms with Gasteiger partial charge in [0, 0.05) is 13.1 Å². The van der Waals surface area contributed by atoms with Gasteiger partial charge in [-0.15, -0.1) is 0 Å². The second-order valence-electron chi connectivity index (χ2n) is 6.87. The molecule has 0 spiro atoms. The Morgan fingerprint density at radius 2 is 1.59 bits per heavy atom. The van der Waals surface area contributed by atoms with E-state index >= 15 is 0 Å². The summed E-state index contributed by atoms with van der Waals surface area (Å²) in [5, 5.41) is 11.8. The standard InChI is InChI=1S/C21H22F2N2O4/c22-17-16(26)12-25(11-14-7-3-1-4-8-14)19(18(17)23)20(27)24-21(28)29-13-15-9-5-2-6-10-15/h1-10,16-19,26H,11-13H2,(H,24,27,28)/t16-,17+,18+,19+/m1/s1. The molecular formula is C21H22F2N2O4. The summed E-state index contributed by atoms with van der Waals surface area (Å²) in [4.78, 5) is 25.8. The average molecular weight is 404 g/mol. The van der Waals surface area contributed by atoms with Gasteiger partial charge in [0.1, 0.15) is 18.8 Å². The Morgan fingerprint density at radius 3 is 2.21 bits per heavy atom. The summed E-state index contributed by atoms with van der Waals surface area (Å²) in [6.45, 7) is -0.197. The first-order valence-corrected chi connectivity index (χ1v) is 9.21. The fourth-order valence-electron chi connectivity index (χ4n) is 3.27. The molecule has 1 aliphatic heterocycles. The second kappa shape index (κ2) is 9.58. The first-order chi connectivity index (χ1) is 14.0. The van der Waals surface area contributed by atoms with Crippen LogP contribution in [0.2, 0.25) is 0 Å². The summed E-state index contributed by atoms with van der Waals surface area (Å²) >= 11 is 0. The zero-order valence-corrected chi connectivity index (χ0v) is 15.6. The fourth-order valence-corrected chi connectivity index (χ4v) is 3.27. The number of benzene rings is 2. The molecule has 1 aliphatic rings. The number of halogens is 2. The van der Waals surface area contributed by atoms with Crippen LogP contribution in [0, 0.1) is 0 Å². The van der Waals surface area contributed by atoms with Crippen LogP contribution in [0.1, 0.15) is 11.1 Å². The lowest BCUT2D eigenvalue weighted by atomic mass is 9.94. The van der Waals surface area contributed by atoms with Crippen molar-refractivity contribution in [3.8, 4) is 0 Å². The van der Waals surface area contributed by atoms with Crippen molar-refractivity contribution in [2.24, 2.45) is 0 Å². The van der Waals surface area contributed by atoms with E-state index in [9.17, 15) is 23.5 Å². The van der Waals surface area contributed by atoms with Gasteiger partial charge in [0.2, 0.25) is 5.91 Å². The van der Waals surface area contributed by atoms with E-state index in [1.165, 1.54) is 4.90 Å². The molecule has 0 radical (unpaired) electrons. The molecule has 2 amide bonds. The maximum Gasteiger partial charge on any atom is 0.414 e. The number of nitrogens with one attached hydrogen (secondary N) is 1. The molecule has 0 aliphatic carbocycles. The molecule has 154 valence electrons. The Balaban J connectivity index is 1.66. The maximum absolute atomic E-state index is 14.6. The Morgan fingerprint density at radius 1 is 1.00 bits per heavy atom. The molecular weight excluding hydrogens is 382 g/mol. The van der Waals surface area contributed by atoms with Crippen LogP contribution in [0.5, 0.6) is 0 Å². The quantitative estimate of drug-likeness (QED) is 0.800. The third-order valence-electron chi connectivity index (χ3n) is 4.72. The van der Waals surface area contributed by atoms with E-state index in [4.69, 9.17) is 4.74 Å². The second-order valence-corrected chi connectivity index (χ2v) is 6.87. The highest BCUT2D eigenvalue weighted by atomic mass is 19.2. The van der Waals surface area contributed by atoms with Crippen LogP contribution in [0.25, 0.3) is 0 Å². The molecule has 4 atom stereocenters. The molecule has 0 unspecified atom stereocenters. The van der Waals surface area contributed by atoms with Crippen molar-refractivity contribution in [1.82, 2.24) is 10.2 Å². The number of aliphatic hydroxyl groups is 1. The summed E-state index contributed by atoms with van der Waals surface area (Å²) < 4.78 is 33.6. The summed E-state index contributed by atoms with van der Waals surface area (Å²) in [5.74, 6) is -1.01. The predicted octanol–water partition coefficient (Wildman–Crippen LogP) is 2.36. The molecule has 6 nitrogen and oxygen atoms in total. The lowest BCUT2D eigenvalue weighted by Gasteiger charge is -2.40. The van der Waals surface area contributed by atoms with E-state index in [1.54, 1.807) is 60.7 Å². The number of nitrogens with zero attached hydrogens (tertiary/aromatic N) is 1. The smallest absolute Gasteiger partial charge is 0.414 e. The third kappa shape index (κ3) is 5.36. The number of likely N-dealkylation sites (tertiary alicyclic amines) is 1. The number of amides is 2. The van der Waals surface area contributed by atoms with Crippen LogP contribution in [0.3, 0.4) is 0 Å². The number of hydrogen-bond acceptors (Lipinski definition) is 5. The molecule has 2 aromatic carbocycles. The van der Waals surface area contributed by atoms with Crippen LogP contribution >= 0.6 is 0 Å². The van der Waals surface area contributed by atoms with E-state index in [1.807, 2.05) is 5.32 Å². The monoisotopic (exact) mass is 404 g/mol. The molecule has 2 aromatic rings. The van der Waals surface area contributed by atoms with Gasteiger partial charge in [0.15, 0.2) is 12.3 Å². The number of carbonyl (C=O) groups is 2. The predicted molar refractivity (Wildman–Crippen MR) is 101 cm³/mol. The minimum Gasteiger partial charge on any atom is -0.444 e. The van der Waals surface area contributed by atoms with Gasteiger partial charge in [-0.25, -0.2) is 13.6 Å². The van der Waals surface area contributed by atoms with Crippen LogP contribution in [0.15, 0.2) is 60.7 Å². The Hall–Kier alpha value is -2.84. The first kappa shape index (κ1) is 20.9. The number of imide groups is 1. The Bertz CT molecular complexity index is 822. The summed E-state index contributed by atoms with van der Waals surface area (Å²) in [6.07, 6.45) is -7.13. The lowest BCUT2D eigenvalue weighted by molar-refractivity contribution is -0.139. The van der Waals surface area contributed by atoms with Gasteiger partial charge in [0.05, 0.1) is 0 Å². The molecule has 2 N–H and O–H groups in total. The van der Waals surface area contributed by atoms with E-state index in [0.29, 0.717) is 5.56 Å². The number of β-amino-alcohol motifs (C(OH)–C–C–N with tert-alkyl or cyclic N) is 1. The van der Waals surface area contributed by atoms with Crippen molar-refractivity contribution in [3.63, 3.8) is 0 Å². The number of ether oxygens (including phenoxy) is 1. The zero-order valence-electron chi connectivity index (χ0n) is 15.6. The third-order valence-corrected chi connectivity index (χ3v) is 4.72. The molecule has 1 heterocycles. The van der Waals surface area contributed by atoms with E-state index in [-0.39, 0.29) is 19.7 Å². The van der Waals surface area contributed by atoms with Gasteiger partial charge in [-0.05, 0) is 11.1 Å². The molecule has 1 fully saturated rings. The normalized spacial score (nSPS) is 24.7. The fraction of sp³-hybridized carbons (Fsp3) is 0.333. The lowest BCUT2D eigenvalue weighted by Crippen LogP contribution is -2.63. The SMILES string of the molecule is O=C(NC(=O)[C@@H]1[C@@H](F)[C@@H](F)[C@H](O)CN1Cc1ccccc1)OCc1ccccc1. The number of alkyl carbamates (subject to hydrolysis) is 1. The number of alkyl halides is 2. The molecule has 8 heteroatoms. The molecule has 29 heavy (non-hydrogen) atoms. The largest absolute Gasteiger partial charge is 0.444 e. The molecule has 0 saturated carbocycles. The summed E-state index contributed by atoms with van der Waals surface area (Å²) in [5.41, 5.74) is 1.47. The zero-order chi connectivity index (χ0) is 20.8. The van der Waals surface area contributed by atoms with Crippen molar-refractivity contribution in [3.05, 3.63) is 71.8 Å². The molecule has 1 saturated heterocycles. The van der Waals surface area contributed by atoms with E-state index in [2.05, 4.69) is 0 Å². The van der Waals surface area contributed by atoms with Crippen molar-refractivity contribution in [1.29, 1.82) is 0 Å². The average Bonchev–Trinajstić information content (AvgIpc) is 2.72. The maximum atomic E-state index is 14.6. The van der Waals surface area contributed by atoms with Gasteiger partial charge in [-0.2, -0.15) is 0 Å². The topological polar surface area (TPSA) is 78.9 Å². The number of aliphatic hydroxyl groups excluding tert-OH is 1. The minimum atomic E-state index is -2.29. The highest BCUT2D eigenvalue weighted by Crippen LogP contribution is 2.26. The van der Waals surface area contributed by atoms with Crippen LogP contribution < -0.4 is 5.32 Å². The summed E-state index contributed by atoms with van der Waals surface area (Å²) in [6, 6.07) is 16.1. The minimum absolute atomic E-state index is 0.0676. The van der Waals surface area contributed by atoms with Crippen molar-refractivity contribution in [2.75, 3.05) is 6.54 Å². The van der Waals surface area contributed by atoms with Gasteiger partial charge < -0.3 is 9.84 Å².